The van der Waals surface area contributed by atoms with Crippen LogP contribution in [-0.4, -0.2) is 34.6 Å². The van der Waals surface area contributed by atoms with Crippen LogP contribution in [0.3, 0.4) is 0 Å². The van der Waals surface area contributed by atoms with Crippen LogP contribution in [0.25, 0.3) is 33.8 Å². The van der Waals surface area contributed by atoms with E-state index in [0.717, 1.165) is 5.56 Å². The zero-order chi connectivity index (χ0) is 19.1. The van der Waals surface area contributed by atoms with E-state index in [0.29, 0.717) is 34.1 Å². The second-order valence-electron chi connectivity index (χ2n) is 6.11. The van der Waals surface area contributed by atoms with Crippen LogP contribution in [0.5, 0.6) is 0 Å². The highest BCUT2D eigenvalue weighted by atomic mass is 19.1. The highest BCUT2D eigenvalue weighted by Gasteiger charge is 2.18. The molecule has 4 heterocycles. The third kappa shape index (κ3) is 2.65. The van der Waals surface area contributed by atoms with Gasteiger partial charge in [-0.1, -0.05) is 12.1 Å². The molecule has 136 valence electrons. The van der Waals surface area contributed by atoms with Crippen molar-refractivity contribution in [3.8, 4) is 28.2 Å². The highest BCUT2D eigenvalue weighted by molar-refractivity contribution is 5.81. The minimum Gasteiger partial charge on any atom is -0.384 e. The number of anilines is 1. The van der Waals surface area contributed by atoms with Gasteiger partial charge in [0.15, 0.2) is 11.5 Å². The molecule has 0 unspecified atom stereocenters. The van der Waals surface area contributed by atoms with E-state index in [1.165, 1.54) is 12.4 Å². The fraction of sp³-hybridized carbons (Fsp3) is 0. The Bertz CT molecular complexity index is 1310. The van der Waals surface area contributed by atoms with Crippen LogP contribution in [0, 0.1) is 5.82 Å². The van der Waals surface area contributed by atoms with Crippen molar-refractivity contribution < 1.29 is 4.39 Å². The molecule has 28 heavy (non-hydrogen) atoms. The molecule has 0 radical (unpaired) electrons. The van der Waals surface area contributed by atoms with Gasteiger partial charge in [-0.25, -0.2) is 14.1 Å². The number of fused-ring (bicyclic) bond motifs is 1. The number of nitrogens with two attached hydrogens (primary N) is 1. The summed E-state index contributed by atoms with van der Waals surface area (Å²) >= 11 is 0. The Morgan fingerprint density at radius 1 is 0.964 bits per heavy atom. The fourth-order valence-corrected chi connectivity index (χ4v) is 3.01. The summed E-state index contributed by atoms with van der Waals surface area (Å²) in [5, 5.41) is 16.8. The van der Waals surface area contributed by atoms with Crippen molar-refractivity contribution in [3.05, 3.63) is 73.1 Å². The second-order valence-corrected chi connectivity index (χ2v) is 6.11. The maximum atomic E-state index is 14.5. The average molecular weight is 372 g/mol. The van der Waals surface area contributed by atoms with Crippen molar-refractivity contribution in [2.75, 3.05) is 5.73 Å². The summed E-state index contributed by atoms with van der Waals surface area (Å²) in [6.07, 6.45) is 4.90. The fourth-order valence-electron chi connectivity index (χ4n) is 3.01. The molecule has 1 aromatic carbocycles. The standard InChI is InChI=1S/C19H13FN8/c20-15-4-2-1-3-13(15)19-14(12-7-8-22-16(21)9-12)10-27(26-19)18-6-5-17-24-23-11-28(17)25-18/h1-11H,(H2,21,22). The van der Waals surface area contributed by atoms with Gasteiger partial charge in [-0.05, 0) is 42.0 Å². The number of hydrogen-bond acceptors (Lipinski definition) is 6. The number of benzene rings is 1. The monoisotopic (exact) mass is 372 g/mol. The van der Waals surface area contributed by atoms with Crippen LogP contribution < -0.4 is 5.73 Å². The first-order chi connectivity index (χ1) is 13.7. The normalized spacial score (nSPS) is 11.2. The molecule has 9 heteroatoms. The van der Waals surface area contributed by atoms with Gasteiger partial charge in [0.05, 0.1) is 0 Å². The van der Waals surface area contributed by atoms with Crippen LogP contribution in [0.4, 0.5) is 10.2 Å². The molecule has 0 saturated heterocycles. The lowest BCUT2D eigenvalue weighted by atomic mass is 10.0. The second kappa shape index (κ2) is 6.23. The number of pyridine rings is 1. The van der Waals surface area contributed by atoms with Crippen molar-refractivity contribution in [2.24, 2.45) is 0 Å². The van der Waals surface area contributed by atoms with Crippen LogP contribution in [0.1, 0.15) is 0 Å². The van der Waals surface area contributed by atoms with E-state index in [1.807, 2.05) is 0 Å². The van der Waals surface area contributed by atoms with E-state index in [2.05, 4.69) is 25.4 Å². The van der Waals surface area contributed by atoms with Crippen molar-refractivity contribution in [2.45, 2.75) is 0 Å². The minimum absolute atomic E-state index is 0.363. The zero-order valence-electron chi connectivity index (χ0n) is 14.4. The van der Waals surface area contributed by atoms with Crippen molar-refractivity contribution in [1.82, 2.24) is 34.6 Å². The van der Waals surface area contributed by atoms with Crippen LogP contribution in [0.2, 0.25) is 0 Å². The summed E-state index contributed by atoms with van der Waals surface area (Å²) in [5.74, 6) is 0.546. The molecule has 0 aliphatic carbocycles. The zero-order valence-corrected chi connectivity index (χ0v) is 14.4. The number of nitrogen functional groups attached to an aromatic ring is 1. The number of aromatic nitrogens is 7. The lowest BCUT2D eigenvalue weighted by molar-refractivity contribution is 0.630. The van der Waals surface area contributed by atoms with Crippen LogP contribution in [-0.2, 0) is 0 Å². The van der Waals surface area contributed by atoms with Gasteiger partial charge in [0.25, 0.3) is 0 Å². The summed E-state index contributed by atoms with van der Waals surface area (Å²) in [4.78, 5) is 4.03. The minimum atomic E-state index is -0.363. The largest absolute Gasteiger partial charge is 0.384 e. The van der Waals surface area contributed by atoms with Gasteiger partial charge in [0.2, 0.25) is 0 Å². The van der Waals surface area contributed by atoms with Gasteiger partial charge >= 0.3 is 0 Å². The Kier molecular flexibility index (Phi) is 3.58. The smallest absolute Gasteiger partial charge is 0.177 e. The van der Waals surface area contributed by atoms with Gasteiger partial charge in [0, 0.05) is 23.5 Å². The summed E-state index contributed by atoms with van der Waals surface area (Å²) in [6.45, 7) is 0. The molecule has 0 atom stereocenters. The summed E-state index contributed by atoms with van der Waals surface area (Å²) in [7, 11) is 0. The predicted molar refractivity (Wildman–Crippen MR) is 101 cm³/mol. The Labute approximate surface area is 158 Å². The summed E-state index contributed by atoms with van der Waals surface area (Å²) in [6, 6.07) is 13.6. The SMILES string of the molecule is Nc1cc(-c2cn(-c3ccc4nncn4n3)nc2-c2ccccc2F)ccn1. The number of nitrogens with zero attached hydrogens (tertiary/aromatic N) is 7. The lowest BCUT2D eigenvalue weighted by Crippen LogP contribution is -2.02. The highest BCUT2D eigenvalue weighted by Crippen LogP contribution is 2.33. The summed E-state index contributed by atoms with van der Waals surface area (Å²) in [5.41, 5.74) is 8.82. The third-order valence-electron chi connectivity index (χ3n) is 4.32. The molecule has 8 nitrogen and oxygen atoms in total. The summed E-state index contributed by atoms with van der Waals surface area (Å²) < 4.78 is 17.6. The van der Waals surface area contributed by atoms with E-state index >= 15 is 0 Å². The molecule has 5 rings (SSSR count). The number of rotatable bonds is 3. The van der Waals surface area contributed by atoms with E-state index in [1.54, 1.807) is 64.1 Å². The van der Waals surface area contributed by atoms with Crippen LogP contribution >= 0.6 is 0 Å². The van der Waals surface area contributed by atoms with Gasteiger partial charge < -0.3 is 5.73 Å². The Morgan fingerprint density at radius 3 is 2.71 bits per heavy atom. The Morgan fingerprint density at radius 2 is 1.86 bits per heavy atom. The van der Waals surface area contributed by atoms with Crippen LogP contribution in [0.15, 0.2) is 67.3 Å². The molecular weight excluding hydrogens is 359 g/mol. The van der Waals surface area contributed by atoms with E-state index in [-0.39, 0.29) is 5.82 Å². The molecule has 4 aromatic heterocycles. The molecule has 0 amide bonds. The number of halogens is 1. The third-order valence-corrected chi connectivity index (χ3v) is 4.32. The average Bonchev–Trinajstić information content (AvgIpc) is 3.35. The molecular formula is C19H13FN8. The van der Waals surface area contributed by atoms with Crippen molar-refractivity contribution >= 4 is 11.5 Å². The van der Waals surface area contributed by atoms with Gasteiger partial charge in [-0.15, -0.1) is 15.3 Å². The Hall–Kier alpha value is -4.14. The van der Waals surface area contributed by atoms with E-state index in [4.69, 9.17) is 5.73 Å². The molecule has 0 aliphatic heterocycles. The first kappa shape index (κ1) is 16.1. The quantitative estimate of drug-likeness (QED) is 0.523. The molecule has 0 bridgehead atoms. The molecule has 2 N–H and O–H groups in total. The van der Waals surface area contributed by atoms with Gasteiger partial charge in [-0.2, -0.15) is 9.61 Å². The molecule has 5 aromatic rings. The maximum Gasteiger partial charge on any atom is 0.177 e. The molecule has 0 spiro atoms. The topological polar surface area (TPSA) is 99.8 Å². The van der Waals surface area contributed by atoms with Gasteiger partial charge in [-0.3, -0.25) is 0 Å². The van der Waals surface area contributed by atoms with Crippen molar-refractivity contribution in [3.63, 3.8) is 0 Å². The predicted octanol–water partition coefficient (Wildman–Crippen LogP) is 2.76. The first-order valence-electron chi connectivity index (χ1n) is 8.43. The Balaban J connectivity index is 1.73. The maximum absolute atomic E-state index is 14.5. The van der Waals surface area contributed by atoms with Crippen molar-refractivity contribution in [1.29, 1.82) is 0 Å². The number of hydrogen-bond donors (Lipinski definition) is 1. The van der Waals surface area contributed by atoms with E-state index < -0.39 is 0 Å². The molecule has 0 saturated carbocycles. The molecule has 0 aliphatic rings. The lowest BCUT2D eigenvalue weighted by Gasteiger charge is -2.04. The molecule has 0 fully saturated rings. The van der Waals surface area contributed by atoms with E-state index in [9.17, 15) is 4.39 Å². The first-order valence-corrected chi connectivity index (χ1v) is 8.43. The van der Waals surface area contributed by atoms with Gasteiger partial charge in [0.1, 0.15) is 23.7 Å².